The minimum atomic E-state index is -0.385. The summed E-state index contributed by atoms with van der Waals surface area (Å²) in [6.45, 7) is 0. The molecular formula is C13H9BrF2O. The average Bonchev–Trinajstić information content (AvgIpc) is 2.32. The Balaban J connectivity index is 2.61. The molecule has 0 amide bonds. The summed E-state index contributed by atoms with van der Waals surface area (Å²) in [5.41, 5.74) is 0.957. The van der Waals surface area contributed by atoms with Gasteiger partial charge in [-0.1, -0.05) is 12.1 Å². The van der Waals surface area contributed by atoms with Crippen LogP contribution in [-0.2, 0) is 0 Å². The van der Waals surface area contributed by atoms with E-state index in [0.717, 1.165) is 0 Å². The second-order valence-electron chi connectivity index (χ2n) is 3.45. The molecule has 2 rings (SSSR count). The second kappa shape index (κ2) is 4.84. The van der Waals surface area contributed by atoms with Gasteiger partial charge in [-0.15, -0.1) is 0 Å². The van der Waals surface area contributed by atoms with Crippen LogP contribution in [0.3, 0.4) is 0 Å². The molecule has 0 radical (unpaired) electrons. The normalized spacial score (nSPS) is 10.4. The van der Waals surface area contributed by atoms with Crippen molar-refractivity contribution in [3.63, 3.8) is 0 Å². The summed E-state index contributed by atoms with van der Waals surface area (Å²) >= 11 is 3.29. The van der Waals surface area contributed by atoms with Crippen LogP contribution in [0.1, 0.15) is 0 Å². The Bertz CT molecular complexity index is 538. The Morgan fingerprint density at radius 3 is 2.24 bits per heavy atom. The Kier molecular flexibility index (Phi) is 3.43. The molecule has 1 nitrogen and oxygen atoms in total. The molecule has 2 aromatic carbocycles. The third kappa shape index (κ3) is 2.31. The van der Waals surface area contributed by atoms with E-state index < -0.39 is 0 Å². The maximum absolute atomic E-state index is 13.8. The molecule has 2 aromatic rings. The SMILES string of the molecule is COc1ccc(F)c(-c2ccc(F)cc2)c1Br. The van der Waals surface area contributed by atoms with Crippen LogP contribution in [-0.4, -0.2) is 7.11 Å². The van der Waals surface area contributed by atoms with Gasteiger partial charge in [-0.2, -0.15) is 0 Å². The first-order valence-electron chi connectivity index (χ1n) is 4.91. The molecule has 0 N–H and O–H groups in total. The number of ether oxygens (including phenoxy) is 1. The van der Waals surface area contributed by atoms with E-state index in [1.54, 1.807) is 0 Å². The highest BCUT2D eigenvalue weighted by atomic mass is 79.9. The Labute approximate surface area is 106 Å². The Morgan fingerprint density at radius 1 is 1.00 bits per heavy atom. The Hall–Kier alpha value is -1.42. The van der Waals surface area contributed by atoms with Crippen molar-refractivity contribution in [2.45, 2.75) is 0 Å². The molecule has 0 heterocycles. The fourth-order valence-corrected chi connectivity index (χ4v) is 2.28. The van der Waals surface area contributed by atoms with E-state index in [0.29, 0.717) is 21.3 Å². The number of hydrogen-bond acceptors (Lipinski definition) is 1. The van der Waals surface area contributed by atoms with Crippen molar-refractivity contribution in [1.29, 1.82) is 0 Å². The standard InChI is InChI=1S/C13H9BrF2O/c1-17-11-7-6-10(16)12(13(11)14)8-2-4-9(15)5-3-8/h2-7H,1H3. The van der Waals surface area contributed by atoms with Crippen LogP contribution in [0.25, 0.3) is 11.1 Å². The van der Waals surface area contributed by atoms with Gasteiger partial charge in [-0.05, 0) is 45.8 Å². The van der Waals surface area contributed by atoms with Crippen molar-refractivity contribution in [3.8, 4) is 16.9 Å². The highest BCUT2D eigenvalue weighted by Crippen LogP contribution is 2.37. The fraction of sp³-hybridized carbons (Fsp3) is 0.0769. The monoisotopic (exact) mass is 298 g/mol. The highest BCUT2D eigenvalue weighted by Gasteiger charge is 2.13. The minimum Gasteiger partial charge on any atom is -0.496 e. The maximum Gasteiger partial charge on any atom is 0.133 e. The summed E-state index contributed by atoms with van der Waals surface area (Å²) in [6.07, 6.45) is 0. The van der Waals surface area contributed by atoms with E-state index in [-0.39, 0.29) is 11.6 Å². The van der Waals surface area contributed by atoms with Crippen LogP contribution in [0.4, 0.5) is 8.78 Å². The zero-order valence-corrected chi connectivity index (χ0v) is 10.6. The third-order valence-electron chi connectivity index (χ3n) is 2.41. The largest absolute Gasteiger partial charge is 0.496 e. The number of benzene rings is 2. The molecule has 88 valence electrons. The van der Waals surface area contributed by atoms with Crippen molar-refractivity contribution in [1.82, 2.24) is 0 Å². The lowest BCUT2D eigenvalue weighted by atomic mass is 10.0. The molecule has 0 unspecified atom stereocenters. The lowest BCUT2D eigenvalue weighted by Gasteiger charge is -2.10. The lowest BCUT2D eigenvalue weighted by Crippen LogP contribution is -1.91. The number of methoxy groups -OCH3 is 1. The average molecular weight is 299 g/mol. The number of rotatable bonds is 2. The van der Waals surface area contributed by atoms with Gasteiger partial charge in [0, 0.05) is 5.56 Å². The van der Waals surface area contributed by atoms with Crippen LogP contribution in [0, 0.1) is 11.6 Å². The molecular weight excluding hydrogens is 290 g/mol. The predicted molar refractivity (Wildman–Crippen MR) is 66.0 cm³/mol. The molecule has 0 aliphatic heterocycles. The molecule has 0 saturated heterocycles. The highest BCUT2D eigenvalue weighted by molar-refractivity contribution is 9.10. The van der Waals surface area contributed by atoms with E-state index in [9.17, 15) is 8.78 Å². The van der Waals surface area contributed by atoms with Gasteiger partial charge in [0.2, 0.25) is 0 Å². The summed E-state index contributed by atoms with van der Waals surface area (Å²) < 4.78 is 32.2. The molecule has 0 bridgehead atoms. The molecule has 0 fully saturated rings. The van der Waals surface area contributed by atoms with Gasteiger partial charge >= 0.3 is 0 Å². The van der Waals surface area contributed by atoms with Gasteiger partial charge in [0.05, 0.1) is 11.6 Å². The van der Waals surface area contributed by atoms with Gasteiger partial charge in [-0.25, -0.2) is 8.78 Å². The molecule has 0 aliphatic carbocycles. The summed E-state index contributed by atoms with van der Waals surface area (Å²) in [5, 5.41) is 0. The Morgan fingerprint density at radius 2 is 1.65 bits per heavy atom. The van der Waals surface area contributed by atoms with Crippen molar-refractivity contribution < 1.29 is 13.5 Å². The summed E-state index contributed by atoms with van der Waals surface area (Å²) in [4.78, 5) is 0. The van der Waals surface area contributed by atoms with Crippen molar-refractivity contribution in [2.24, 2.45) is 0 Å². The lowest BCUT2D eigenvalue weighted by molar-refractivity contribution is 0.411. The summed E-state index contributed by atoms with van der Waals surface area (Å²) in [6, 6.07) is 8.49. The first kappa shape index (κ1) is 12.0. The van der Waals surface area contributed by atoms with E-state index in [1.165, 1.54) is 43.5 Å². The van der Waals surface area contributed by atoms with E-state index in [4.69, 9.17) is 4.74 Å². The molecule has 0 aliphatic rings. The van der Waals surface area contributed by atoms with Crippen LogP contribution in [0.2, 0.25) is 0 Å². The van der Waals surface area contributed by atoms with Gasteiger partial charge in [-0.3, -0.25) is 0 Å². The maximum atomic E-state index is 13.8. The first-order chi connectivity index (χ1) is 8.13. The number of hydrogen-bond donors (Lipinski definition) is 0. The molecule has 17 heavy (non-hydrogen) atoms. The van der Waals surface area contributed by atoms with Gasteiger partial charge in [0.25, 0.3) is 0 Å². The molecule has 0 saturated carbocycles. The quantitative estimate of drug-likeness (QED) is 0.798. The zero-order chi connectivity index (χ0) is 12.4. The van der Waals surface area contributed by atoms with Crippen molar-refractivity contribution in [2.75, 3.05) is 7.11 Å². The first-order valence-corrected chi connectivity index (χ1v) is 5.70. The molecule has 4 heteroatoms. The van der Waals surface area contributed by atoms with Gasteiger partial charge in [0.1, 0.15) is 17.4 Å². The van der Waals surface area contributed by atoms with Crippen molar-refractivity contribution in [3.05, 3.63) is 52.5 Å². The minimum absolute atomic E-state index is 0.354. The summed E-state index contributed by atoms with van der Waals surface area (Å²) in [7, 11) is 1.51. The van der Waals surface area contributed by atoms with E-state index in [1.807, 2.05) is 0 Å². The van der Waals surface area contributed by atoms with E-state index in [2.05, 4.69) is 15.9 Å². The topological polar surface area (TPSA) is 9.23 Å². The number of halogens is 3. The van der Waals surface area contributed by atoms with Crippen LogP contribution < -0.4 is 4.74 Å². The molecule has 0 atom stereocenters. The van der Waals surface area contributed by atoms with Crippen LogP contribution in [0.15, 0.2) is 40.9 Å². The van der Waals surface area contributed by atoms with Crippen LogP contribution in [0.5, 0.6) is 5.75 Å². The van der Waals surface area contributed by atoms with E-state index >= 15 is 0 Å². The summed E-state index contributed by atoms with van der Waals surface area (Å²) in [5.74, 6) is -0.205. The smallest absolute Gasteiger partial charge is 0.133 e. The van der Waals surface area contributed by atoms with Gasteiger partial charge in [0.15, 0.2) is 0 Å². The zero-order valence-electron chi connectivity index (χ0n) is 9.01. The molecule has 0 spiro atoms. The fourth-order valence-electron chi connectivity index (χ4n) is 1.57. The van der Waals surface area contributed by atoms with Gasteiger partial charge < -0.3 is 4.74 Å². The van der Waals surface area contributed by atoms with Crippen molar-refractivity contribution >= 4 is 15.9 Å². The predicted octanol–water partition coefficient (Wildman–Crippen LogP) is 4.40. The second-order valence-corrected chi connectivity index (χ2v) is 4.24. The third-order valence-corrected chi connectivity index (χ3v) is 3.20. The van der Waals surface area contributed by atoms with Crippen LogP contribution >= 0.6 is 15.9 Å². The molecule has 0 aromatic heterocycles.